The lowest BCUT2D eigenvalue weighted by atomic mass is 9.91. The molecule has 1 atom stereocenters. The lowest BCUT2D eigenvalue weighted by Crippen LogP contribution is -2.45. The SMILES string of the molecule is CC(OC(=O)C1CCN(C(=O)C(C)(C)C)CC1)C(=O)Nc1cccc([N+](=O)[O-])c1. The first-order valence-corrected chi connectivity index (χ1v) is 9.54. The van der Waals surface area contributed by atoms with Crippen LogP contribution in [0.5, 0.6) is 0 Å². The number of non-ortho nitro benzene ring substituents is 1. The van der Waals surface area contributed by atoms with Crippen LogP contribution in [-0.2, 0) is 19.1 Å². The lowest BCUT2D eigenvalue weighted by Gasteiger charge is -2.35. The van der Waals surface area contributed by atoms with Crippen molar-refractivity contribution in [3.05, 3.63) is 34.4 Å². The van der Waals surface area contributed by atoms with Crippen molar-refractivity contribution in [3.63, 3.8) is 0 Å². The van der Waals surface area contributed by atoms with Crippen LogP contribution in [0.25, 0.3) is 0 Å². The van der Waals surface area contributed by atoms with Crippen molar-refractivity contribution in [3.8, 4) is 0 Å². The van der Waals surface area contributed by atoms with Gasteiger partial charge in [-0.25, -0.2) is 0 Å². The van der Waals surface area contributed by atoms with Gasteiger partial charge in [-0.3, -0.25) is 24.5 Å². The van der Waals surface area contributed by atoms with Crippen LogP contribution in [0.4, 0.5) is 11.4 Å². The molecule has 1 aliphatic heterocycles. The summed E-state index contributed by atoms with van der Waals surface area (Å²) in [5, 5.41) is 13.3. The van der Waals surface area contributed by atoms with Gasteiger partial charge in [-0.1, -0.05) is 26.8 Å². The molecule has 1 fully saturated rings. The van der Waals surface area contributed by atoms with Gasteiger partial charge in [0.1, 0.15) is 0 Å². The predicted octanol–water partition coefficient (Wildman–Crippen LogP) is 2.75. The molecule has 1 N–H and O–H groups in total. The number of benzene rings is 1. The van der Waals surface area contributed by atoms with E-state index in [4.69, 9.17) is 4.74 Å². The number of nitrogens with one attached hydrogen (secondary N) is 1. The Bertz CT molecular complexity index is 794. The fraction of sp³-hybridized carbons (Fsp3) is 0.550. The van der Waals surface area contributed by atoms with Gasteiger partial charge in [-0.15, -0.1) is 0 Å². The number of amides is 2. The number of nitro benzene ring substituents is 1. The maximum Gasteiger partial charge on any atom is 0.309 e. The van der Waals surface area contributed by atoms with Crippen molar-refractivity contribution >= 4 is 29.2 Å². The molecular weight excluding hydrogens is 378 g/mol. The summed E-state index contributed by atoms with van der Waals surface area (Å²) in [6, 6.07) is 5.52. The number of carbonyl (C=O) groups is 3. The van der Waals surface area contributed by atoms with E-state index < -0.39 is 28.3 Å². The average molecular weight is 405 g/mol. The smallest absolute Gasteiger partial charge is 0.309 e. The maximum atomic E-state index is 12.4. The fourth-order valence-electron chi connectivity index (χ4n) is 3.06. The summed E-state index contributed by atoms with van der Waals surface area (Å²) < 4.78 is 5.28. The minimum absolute atomic E-state index is 0.0500. The molecule has 1 aromatic carbocycles. The number of piperidine rings is 1. The van der Waals surface area contributed by atoms with E-state index in [1.807, 2.05) is 20.8 Å². The number of hydrogen-bond acceptors (Lipinski definition) is 6. The van der Waals surface area contributed by atoms with Crippen LogP contribution in [0, 0.1) is 21.4 Å². The minimum Gasteiger partial charge on any atom is -0.452 e. The minimum atomic E-state index is -1.05. The van der Waals surface area contributed by atoms with Crippen LogP contribution >= 0.6 is 0 Å². The Balaban J connectivity index is 1.86. The number of nitro groups is 1. The normalized spacial score (nSPS) is 16.1. The van der Waals surface area contributed by atoms with E-state index in [9.17, 15) is 24.5 Å². The van der Waals surface area contributed by atoms with Gasteiger partial charge in [-0.2, -0.15) is 0 Å². The monoisotopic (exact) mass is 405 g/mol. The molecule has 0 spiro atoms. The summed E-state index contributed by atoms with van der Waals surface area (Å²) in [5.41, 5.74) is -0.364. The Morgan fingerprint density at radius 2 is 1.86 bits per heavy atom. The van der Waals surface area contributed by atoms with E-state index in [1.165, 1.54) is 31.2 Å². The molecule has 0 saturated carbocycles. The number of anilines is 1. The Morgan fingerprint density at radius 1 is 1.24 bits per heavy atom. The Morgan fingerprint density at radius 3 is 2.41 bits per heavy atom. The number of nitrogens with zero attached hydrogens (tertiary/aromatic N) is 2. The summed E-state index contributed by atoms with van der Waals surface area (Å²) in [6.07, 6.45) is -0.0734. The Labute approximate surface area is 169 Å². The number of rotatable bonds is 5. The van der Waals surface area contributed by atoms with Gasteiger partial charge >= 0.3 is 5.97 Å². The van der Waals surface area contributed by atoms with Crippen molar-refractivity contribution in [1.82, 2.24) is 4.90 Å². The number of carbonyl (C=O) groups excluding carboxylic acids is 3. The molecule has 1 saturated heterocycles. The van der Waals surface area contributed by atoms with E-state index in [1.54, 1.807) is 4.90 Å². The topological polar surface area (TPSA) is 119 Å². The van der Waals surface area contributed by atoms with Gasteiger partial charge in [0.05, 0.1) is 10.8 Å². The second-order valence-electron chi connectivity index (χ2n) is 8.19. The summed E-state index contributed by atoms with van der Waals surface area (Å²) in [4.78, 5) is 49.0. The Kier molecular flexibility index (Phi) is 6.94. The molecule has 0 radical (unpaired) electrons. The average Bonchev–Trinajstić information content (AvgIpc) is 2.66. The van der Waals surface area contributed by atoms with E-state index in [-0.39, 0.29) is 23.2 Å². The van der Waals surface area contributed by atoms with E-state index in [2.05, 4.69) is 5.32 Å². The third-order valence-electron chi connectivity index (χ3n) is 4.74. The largest absolute Gasteiger partial charge is 0.452 e. The molecule has 0 aliphatic carbocycles. The summed E-state index contributed by atoms with van der Waals surface area (Å²) >= 11 is 0. The molecule has 0 bridgehead atoms. The number of hydrogen-bond donors (Lipinski definition) is 1. The number of ether oxygens (including phenoxy) is 1. The van der Waals surface area contributed by atoms with E-state index in [0.29, 0.717) is 25.9 Å². The van der Waals surface area contributed by atoms with Crippen molar-refractivity contribution in [1.29, 1.82) is 0 Å². The van der Waals surface area contributed by atoms with Gasteiger partial charge < -0.3 is 15.0 Å². The van der Waals surface area contributed by atoms with Crippen LogP contribution in [-0.4, -0.2) is 46.8 Å². The second-order valence-corrected chi connectivity index (χ2v) is 8.19. The van der Waals surface area contributed by atoms with Crippen LogP contribution in [0.1, 0.15) is 40.5 Å². The molecule has 1 heterocycles. The quantitative estimate of drug-likeness (QED) is 0.457. The van der Waals surface area contributed by atoms with Gasteiger partial charge in [0, 0.05) is 36.3 Å². The van der Waals surface area contributed by atoms with Gasteiger partial charge in [0.15, 0.2) is 6.10 Å². The van der Waals surface area contributed by atoms with Crippen molar-refractivity contribution in [2.24, 2.45) is 11.3 Å². The fourth-order valence-corrected chi connectivity index (χ4v) is 3.06. The van der Waals surface area contributed by atoms with E-state index >= 15 is 0 Å². The molecule has 158 valence electrons. The van der Waals surface area contributed by atoms with Crippen LogP contribution in [0.3, 0.4) is 0 Å². The molecule has 2 rings (SSSR count). The molecular formula is C20H27N3O6. The van der Waals surface area contributed by atoms with Crippen LogP contribution < -0.4 is 5.32 Å². The lowest BCUT2D eigenvalue weighted by molar-refractivity contribution is -0.384. The highest BCUT2D eigenvalue weighted by molar-refractivity contribution is 5.95. The van der Waals surface area contributed by atoms with E-state index in [0.717, 1.165) is 0 Å². The zero-order chi connectivity index (χ0) is 21.8. The molecule has 2 amide bonds. The molecule has 9 heteroatoms. The zero-order valence-corrected chi connectivity index (χ0v) is 17.1. The molecule has 1 unspecified atom stereocenters. The standard InChI is InChI=1S/C20H27N3O6/c1-13(17(24)21-15-6-5-7-16(12-15)23(27)28)29-18(25)14-8-10-22(11-9-14)19(26)20(2,3)4/h5-7,12-14H,8-11H2,1-4H3,(H,21,24). The first kappa shape index (κ1) is 22.3. The second kappa shape index (κ2) is 9.02. The molecule has 0 aromatic heterocycles. The summed E-state index contributed by atoms with van der Waals surface area (Å²) in [7, 11) is 0. The predicted molar refractivity (Wildman–Crippen MR) is 106 cm³/mol. The van der Waals surface area contributed by atoms with Crippen molar-refractivity contribution < 1.29 is 24.0 Å². The molecule has 1 aliphatic rings. The first-order chi connectivity index (χ1) is 13.5. The number of esters is 1. The summed E-state index contributed by atoms with van der Waals surface area (Å²) in [6.45, 7) is 7.98. The van der Waals surface area contributed by atoms with Gasteiger partial charge in [0.25, 0.3) is 11.6 Å². The van der Waals surface area contributed by atoms with Crippen LogP contribution in [0.15, 0.2) is 24.3 Å². The molecule has 1 aromatic rings. The molecule has 29 heavy (non-hydrogen) atoms. The van der Waals surface area contributed by atoms with Gasteiger partial charge in [0.2, 0.25) is 5.91 Å². The highest BCUT2D eigenvalue weighted by Crippen LogP contribution is 2.25. The third-order valence-corrected chi connectivity index (χ3v) is 4.74. The maximum absolute atomic E-state index is 12.4. The van der Waals surface area contributed by atoms with Gasteiger partial charge in [-0.05, 0) is 25.8 Å². The Hall–Kier alpha value is -2.97. The highest BCUT2D eigenvalue weighted by atomic mass is 16.6. The molecule has 9 nitrogen and oxygen atoms in total. The number of likely N-dealkylation sites (tertiary alicyclic amines) is 1. The highest BCUT2D eigenvalue weighted by Gasteiger charge is 2.34. The summed E-state index contributed by atoms with van der Waals surface area (Å²) in [5.74, 6) is -1.37. The zero-order valence-electron chi connectivity index (χ0n) is 17.1. The van der Waals surface area contributed by atoms with Crippen molar-refractivity contribution in [2.45, 2.75) is 46.6 Å². The van der Waals surface area contributed by atoms with Crippen molar-refractivity contribution in [2.75, 3.05) is 18.4 Å². The van der Waals surface area contributed by atoms with Crippen LogP contribution in [0.2, 0.25) is 0 Å². The third kappa shape index (κ3) is 6.00. The first-order valence-electron chi connectivity index (χ1n) is 9.54.